The van der Waals surface area contributed by atoms with E-state index < -0.39 is 0 Å². The normalized spacial score (nSPS) is 22.7. The van der Waals surface area contributed by atoms with Gasteiger partial charge in [0.25, 0.3) is 0 Å². The molecule has 3 nitrogen and oxygen atoms in total. The van der Waals surface area contributed by atoms with Crippen LogP contribution in [0, 0.1) is 0 Å². The highest BCUT2D eigenvalue weighted by atomic mass is 35.5. The van der Waals surface area contributed by atoms with E-state index in [4.69, 9.17) is 11.6 Å². The van der Waals surface area contributed by atoms with Gasteiger partial charge >= 0.3 is 0 Å². The second-order valence-electron chi connectivity index (χ2n) is 6.59. The van der Waals surface area contributed by atoms with Gasteiger partial charge in [0.1, 0.15) is 0 Å². The SMILES string of the molecule is CN(CC1CCCN1C)c1cc(Cl)ccc1CNC1CC1. The van der Waals surface area contributed by atoms with Crippen LogP contribution in [-0.2, 0) is 6.54 Å². The Labute approximate surface area is 133 Å². The highest BCUT2D eigenvalue weighted by molar-refractivity contribution is 6.30. The van der Waals surface area contributed by atoms with E-state index in [1.807, 2.05) is 6.07 Å². The number of anilines is 1. The molecular weight excluding hydrogens is 282 g/mol. The Balaban J connectivity index is 1.69. The van der Waals surface area contributed by atoms with Crippen LogP contribution in [-0.4, -0.2) is 44.2 Å². The average molecular weight is 308 g/mol. The van der Waals surface area contributed by atoms with Gasteiger partial charge in [0, 0.05) is 42.9 Å². The molecular formula is C17H26ClN3. The fraction of sp³-hybridized carbons (Fsp3) is 0.647. The maximum absolute atomic E-state index is 6.22. The predicted molar refractivity (Wildman–Crippen MR) is 90.2 cm³/mol. The van der Waals surface area contributed by atoms with Crippen LogP contribution >= 0.6 is 11.6 Å². The summed E-state index contributed by atoms with van der Waals surface area (Å²) in [7, 11) is 4.43. The monoisotopic (exact) mass is 307 g/mol. The molecule has 0 amide bonds. The predicted octanol–water partition coefficient (Wildman–Crippen LogP) is 3.12. The molecule has 3 rings (SSSR count). The van der Waals surface area contributed by atoms with Crippen LogP contribution in [0.4, 0.5) is 5.69 Å². The molecule has 1 atom stereocenters. The van der Waals surface area contributed by atoms with Crippen LogP contribution in [0.15, 0.2) is 18.2 Å². The van der Waals surface area contributed by atoms with Gasteiger partial charge in [0.15, 0.2) is 0 Å². The zero-order valence-corrected chi connectivity index (χ0v) is 13.9. The first-order valence-electron chi connectivity index (χ1n) is 8.06. The van der Waals surface area contributed by atoms with Crippen molar-refractivity contribution in [1.29, 1.82) is 0 Å². The maximum atomic E-state index is 6.22. The Morgan fingerprint density at radius 1 is 1.33 bits per heavy atom. The quantitative estimate of drug-likeness (QED) is 0.871. The molecule has 0 radical (unpaired) electrons. The number of hydrogen-bond donors (Lipinski definition) is 1. The van der Waals surface area contributed by atoms with E-state index in [9.17, 15) is 0 Å². The minimum atomic E-state index is 0.665. The molecule has 0 spiro atoms. The Morgan fingerprint density at radius 3 is 2.81 bits per heavy atom. The summed E-state index contributed by atoms with van der Waals surface area (Å²) in [6.07, 6.45) is 5.27. The molecule has 1 aliphatic carbocycles. The van der Waals surface area contributed by atoms with E-state index in [0.29, 0.717) is 6.04 Å². The van der Waals surface area contributed by atoms with Crippen LogP contribution in [0.25, 0.3) is 0 Å². The first-order chi connectivity index (χ1) is 10.1. The van der Waals surface area contributed by atoms with Gasteiger partial charge in [0.05, 0.1) is 0 Å². The summed E-state index contributed by atoms with van der Waals surface area (Å²) in [5.74, 6) is 0. The van der Waals surface area contributed by atoms with E-state index in [1.54, 1.807) is 0 Å². The van der Waals surface area contributed by atoms with Gasteiger partial charge < -0.3 is 15.1 Å². The molecule has 2 aliphatic rings. The lowest BCUT2D eigenvalue weighted by molar-refractivity contribution is 0.314. The third kappa shape index (κ3) is 3.91. The van der Waals surface area contributed by atoms with Crippen molar-refractivity contribution in [3.05, 3.63) is 28.8 Å². The van der Waals surface area contributed by atoms with Crippen molar-refractivity contribution in [2.45, 2.75) is 44.3 Å². The van der Waals surface area contributed by atoms with Crippen molar-refractivity contribution in [3.63, 3.8) is 0 Å². The number of nitrogens with zero attached hydrogens (tertiary/aromatic N) is 2. The zero-order valence-electron chi connectivity index (χ0n) is 13.1. The fourth-order valence-corrected chi connectivity index (χ4v) is 3.37. The van der Waals surface area contributed by atoms with Crippen molar-refractivity contribution in [1.82, 2.24) is 10.2 Å². The Kier molecular flexibility index (Phi) is 4.72. The lowest BCUT2D eigenvalue weighted by Crippen LogP contribution is -2.37. The minimum absolute atomic E-state index is 0.665. The molecule has 1 saturated carbocycles. The first kappa shape index (κ1) is 15.1. The molecule has 1 aliphatic heterocycles. The van der Waals surface area contributed by atoms with Crippen molar-refractivity contribution in [2.75, 3.05) is 32.1 Å². The maximum Gasteiger partial charge on any atom is 0.0426 e. The van der Waals surface area contributed by atoms with E-state index in [1.165, 1.54) is 43.5 Å². The fourth-order valence-electron chi connectivity index (χ4n) is 3.21. The molecule has 1 saturated heterocycles. The number of hydrogen-bond acceptors (Lipinski definition) is 3. The topological polar surface area (TPSA) is 18.5 Å². The van der Waals surface area contributed by atoms with E-state index in [0.717, 1.165) is 24.2 Å². The van der Waals surface area contributed by atoms with Crippen LogP contribution in [0.3, 0.4) is 0 Å². The lowest BCUT2D eigenvalue weighted by atomic mass is 10.1. The highest BCUT2D eigenvalue weighted by Gasteiger charge is 2.24. The van der Waals surface area contributed by atoms with Gasteiger partial charge in [-0.3, -0.25) is 0 Å². The van der Waals surface area contributed by atoms with E-state index >= 15 is 0 Å². The summed E-state index contributed by atoms with van der Waals surface area (Å²) < 4.78 is 0. The van der Waals surface area contributed by atoms with Crippen LogP contribution < -0.4 is 10.2 Å². The number of benzene rings is 1. The van der Waals surface area contributed by atoms with E-state index in [-0.39, 0.29) is 0 Å². The van der Waals surface area contributed by atoms with Gasteiger partial charge in [0.2, 0.25) is 0 Å². The van der Waals surface area contributed by atoms with Gasteiger partial charge in [-0.25, -0.2) is 0 Å². The zero-order chi connectivity index (χ0) is 14.8. The second-order valence-corrected chi connectivity index (χ2v) is 7.02. The van der Waals surface area contributed by atoms with Crippen LogP contribution in [0.2, 0.25) is 5.02 Å². The summed E-state index contributed by atoms with van der Waals surface area (Å²) in [6, 6.07) is 7.69. The third-order valence-electron chi connectivity index (χ3n) is 4.77. The smallest absolute Gasteiger partial charge is 0.0426 e. The van der Waals surface area contributed by atoms with Crippen LogP contribution in [0.1, 0.15) is 31.2 Å². The number of likely N-dealkylation sites (N-methyl/N-ethyl adjacent to an activating group) is 2. The molecule has 4 heteroatoms. The summed E-state index contributed by atoms with van der Waals surface area (Å²) >= 11 is 6.22. The Bertz CT molecular complexity index is 487. The second kappa shape index (κ2) is 6.55. The number of nitrogens with one attached hydrogen (secondary N) is 1. The third-order valence-corrected chi connectivity index (χ3v) is 5.01. The minimum Gasteiger partial charge on any atom is -0.373 e. The molecule has 21 heavy (non-hydrogen) atoms. The molecule has 0 aromatic heterocycles. The highest BCUT2D eigenvalue weighted by Crippen LogP contribution is 2.27. The summed E-state index contributed by atoms with van der Waals surface area (Å²) in [5, 5.41) is 4.44. The number of likely N-dealkylation sites (tertiary alicyclic amines) is 1. The Morgan fingerprint density at radius 2 is 2.14 bits per heavy atom. The number of rotatable bonds is 6. The number of halogens is 1. The summed E-state index contributed by atoms with van der Waals surface area (Å²) in [6.45, 7) is 3.25. The largest absolute Gasteiger partial charge is 0.373 e. The molecule has 0 bridgehead atoms. The van der Waals surface area contributed by atoms with Crippen molar-refractivity contribution < 1.29 is 0 Å². The average Bonchev–Trinajstić information content (AvgIpc) is 3.21. The summed E-state index contributed by atoms with van der Waals surface area (Å²) in [5.41, 5.74) is 2.63. The molecule has 1 N–H and O–H groups in total. The van der Waals surface area contributed by atoms with Crippen molar-refractivity contribution in [3.8, 4) is 0 Å². The van der Waals surface area contributed by atoms with Gasteiger partial charge in [-0.05, 0) is 57.0 Å². The van der Waals surface area contributed by atoms with E-state index in [2.05, 4.69) is 41.3 Å². The van der Waals surface area contributed by atoms with Crippen molar-refractivity contribution >= 4 is 17.3 Å². The molecule has 2 fully saturated rings. The van der Waals surface area contributed by atoms with Gasteiger partial charge in [-0.1, -0.05) is 17.7 Å². The lowest BCUT2D eigenvalue weighted by Gasteiger charge is -2.29. The first-order valence-corrected chi connectivity index (χ1v) is 8.44. The van der Waals surface area contributed by atoms with Gasteiger partial charge in [-0.2, -0.15) is 0 Å². The van der Waals surface area contributed by atoms with Crippen molar-refractivity contribution in [2.24, 2.45) is 0 Å². The molecule has 1 unspecified atom stereocenters. The van der Waals surface area contributed by atoms with Gasteiger partial charge in [-0.15, -0.1) is 0 Å². The molecule has 1 heterocycles. The Hall–Kier alpha value is -0.770. The summed E-state index contributed by atoms with van der Waals surface area (Å²) in [4.78, 5) is 4.85. The molecule has 116 valence electrons. The molecule has 1 aromatic carbocycles. The molecule has 1 aromatic rings. The standard InChI is InChI=1S/C17H26ClN3/c1-20-9-3-4-16(20)12-21(2)17-10-14(18)6-5-13(17)11-19-15-7-8-15/h5-6,10,15-16,19H,3-4,7-9,11-12H2,1-2H3. The van der Waals surface area contributed by atoms with Crippen LogP contribution in [0.5, 0.6) is 0 Å².